The quantitative estimate of drug-likeness (QED) is 0.605. The summed E-state index contributed by atoms with van der Waals surface area (Å²) in [5.74, 6) is 0.261. The predicted molar refractivity (Wildman–Crippen MR) is 81.4 cm³/mol. The number of ether oxygens (including phenoxy) is 1. The number of rotatable bonds is 7. The van der Waals surface area contributed by atoms with Gasteiger partial charge in [0.15, 0.2) is 0 Å². The maximum Gasteiger partial charge on any atom is 0.337 e. The van der Waals surface area contributed by atoms with Gasteiger partial charge >= 0.3 is 5.97 Å². The lowest BCUT2D eigenvalue weighted by Gasteiger charge is -2.07. The molecule has 0 saturated heterocycles. The molecule has 1 aromatic heterocycles. The maximum atomic E-state index is 11.8. The summed E-state index contributed by atoms with van der Waals surface area (Å²) in [6.07, 6.45) is 1.93. The van der Waals surface area contributed by atoms with Crippen LogP contribution in [0.25, 0.3) is 0 Å². The van der Waals surface area contributed by atoms with E-state index in [0.29, 0.717) is 30.8 Å². The molecular formula is C16H18N2O4. The van der Waals surface area contributed by atoms with Crippen molar-refractivity contribution in [2.45, 2.75) is 13.0 Å². The fourth-order valence-corrected chi connectivity index (χ4v) is 1.89. The largest absolute Gasteiger partial charge is 0.468 e. The first kappa shape index (κ1) is 15.8. The van der Waals surface area contributed by atoms with Gasteiger partial charge in [0, 0.05) is 18.7 Å². The lowest BCUT2D eigenvalue weighted by atomic mass is 10.2. The lowest BCUT2D eigenvalue weighted by molar-refractivity contribution is -0.116. The fourth-order valence-electron chi connectivity index (χ4n) is 1.89. The van der Waals surface area contributed by atoms with Gasteiger partial charge in [-0.2, -0.15) is 0 Å². The third-order valence-corrected chi connectivity index (χ3v) is 2.98. The molecule has 1 amide bonds. The van der Waals surface area contributed by atoms with Crippen LogP contribution in [0.5, 0.6) is 0 Å². The molecule has 0 aliphatic rings. The van der Waals surface area contributed by atoms with Crippen LogP contribution in [0.4, 0.5) is 5.69 Å². The standard InChI is InChI=1S/C16H18N2O4/c1-21-16(20)12-4-2-5-13(10-12)18-15(19)7-8-17-11-14-6-3-9-22-14/h2-6,9-10,17H,7-8,11H2,1H3,(H,18,19). The third kappa shape index (κ3) is 4.75. The number of amides is 1. The van der Waals surface area contributed by atoms with E-state index in [1.165, 1.54) is 7.11 Å². The van der Waals surface area contributed by atoms with E-state index in [2.05, 4.69) is 15.4 Å². The zero-order chi connectivity index (χ0) is 15.8. The number of esters is 1. The number of hydrogen-bond donors (Lipinski definition) is 2. The normalized spacial score (nSPS) is 10.2. The van der Waals surface area contributed by atoms with E-state index in [1.807, 2.05) is 12.1 Å². The molecule has 6 nitrogen and oxygen atoms in total. The summed E-state index contributed by atoms with van der Waals surface area (Å²) in [6, 6.07) is 10.3. The van der Waals surface area contributed by atoms with Gasteiger partial charge in [-0.1, -0.05) is 6.07 Å². The Kier molecular flexibility index (Phi) is 5.73. The predicted octanol–water partition coefficient (Wildman–Crippen LogP) is 2.18. The highest BCUT2D eigenvalue weighted by molar-refractivity contribution is 5.94. The molecule has 1 aromatic carbocycles. The van der Waals surface area contributed by atoms with Crippen molar-refractivity contribution in [3.63, 3.8) is 0 Å². The molecule has 0 aliphatic carbocycles. The van der Waals surface area contributed by atoms with Crippen LogP contribution in [0.15, 0.2) is 47.1 Å². The molecule has 0 atom stereocenters. The Balaban J connectivity index is 1.75. The van der Waals surface area contributed by atoms with Gasteiger partial charge in [-0.25, -0.2) is 4.79 Å². The van der Waals surface area contributed by atoms with Crippen LogP contribution in [-0.4, -0.2) is 25.5 Å². The first-order valence-corrected chi connectivity index (χ1v) is 6.90. The minimum atomic E-state index is -0.434. The van der Waals surface area contributed by atoms with E-state index in [4.69, 9.17) is 4.42 Å². The second-order valence-electron chi connectivity index (χ2n) is 4.63. The summed E-state index contributed by atoms with van der Waals surface area (Å²) >= 11 is 0. The number of benzene rings is 1. The number of carbonyl (C=O) groups is 2. The number of nitrogens with one attached hydrogen (secondary N) is 2. The summed E-state index contributed by atoms with van der Waals surface area (Å²) in [7, 11) is 1.32. The summed E-state index contributed by atoms with van der Waals surface area (Å²) in [6.45, 7) is 1.11. The highest BCUT2D eigenvalue weighted by Crippen LogP contribution is 2.11. The average Bonchev–Trinajstić information content (AvgIpc) is 3.04. The summed E-state index contributed by atoms with van der Waals surface area (Å²) in [5.41, 5.74) is 0.968. The third-order valence-electron chi connectivity index (χ3n) is 2.98. The van der Waals surface area contributed by atoms with E-state index in [1.54, 1.807) is 30.5 Å². The molecule has 0 bridgehead atoms. The van der Waals surface area contributed by atoms with Crippen molar-refractivity contribution in [3.8, 4) is 0 Å². The molecule has 0 saturated carbocycles. The SMILES string of the molecule is COC(=O)c1cccc(NC(=O)CCNCc2ccco2)c1. The van der Waals surface area contributed by atoms with Crippen LogP contribution >= 0.6 is 0 Å². The van der Waals surface area contributed by atoms with E-state index >= 15 is 0 Å². The number of furan rings is 1. The topological polar surface area (TPSA) is 80.6 Å². The van der Waals surface area contributed by atoms with Gasteiger partial charge in [-0.3, -0.25) is 4.79 Å². The summed E-state index contributed by atoms with van der Waals surface area (Å²) in [4.78, 5) is 23.3. The molecule has 22 heavy (non-hydrogen) atoms. The second kappa shape index (κ2) is 7.99. The Morgan fingerprint density at radius 2 is 2.09 bits per heavy atom. The van der Waals surface area contributed by atoms with Crippen molar-refractivity contribution < 1.29 is 18.7 Å². The minimum Gasteiger partial charge on any atom is -0.468 e. The lowest BCUT2D eigenvalue weighted by Crippen LogP contribution is -2.21. The fraction of sp³-hybridized carbons (Fsp3) is 0.250. The van der Waals surface area contributed by atoms with Crippen LogP contribution in [-0.2, 0) is 16.1 Å². The highest BCUT2D eigenvalue weighted by Gasteiger charge is 2.07. The molecular weight excluding hydrogens is 284 g/mol. The summed E-state index contributed by atoms with van der Waals surface area (Å²) < 4.78 is 9.82. The second-order valence-corrected chi connectivity index (χ2v) is 4.63. The van der Waals surface area contributed by atoms with Crippen LogP contribution in [0.1, 0.15) is 22.5 Å². The first-order valence-electron chi connectivity index (χ1n) is 6.90. The summed E-state index contributed by atoms with van der Waals surface area (Å²) in [5, 5.41) is 5.86. The Bertz CT molecular complexity index is 623. The number of anilines is 1. The van der Waals surface area contributed by atoms with Crippen LogP contribution in [0.2, 0.25) is 0 Å². The van der Waals surface area contributed by atoms with Gasteiger partial charge in [-0.05, 0) is 30.3 Å². The molecule has 6 heteroatoms. The molecule has 2 N–H and O–H groups in total. The van der Waals surface area contributed by atoms with E-state index in [9.17, 15) is 9.59 Å². The van der Waals surface area contributed by atoms with Gasteiger partial charge in [0.2, 0.25) is 5.91 Å². The molecule has 2 aromatic rings. The maximum absolute atomic E-state index is 11.8. The molecule has 0 unspecified atom stereocenters. The molecule has 2 rings (SSSR count). The van der Waals surface area contributed by atoms with E-state index in [-0.39, 0.29) is 5.91 Å². The van der Waals surface area contributed by atoms with Crippen molar-refractivity contribution in [1.82, 2.24) is 5.32 Å². The van der Waals surface area contributed by atoms with Gasteiger partial charge in [0.05, 0.1) is 25.5 Å². The van der Waals surface area contributed by atoms with Crippen molar-refractivity contribution in [2.75, 3.05) is 19.0 Å². The minimum absolute atomic E-state index is 0.131. The van der Waals surface area contributed by atoms with Crippen LogP contribution in [0, 0.1) is 0 Å². The Hall–Kier alpha value is -2.60. The van der Waals surface area contributed by atoms with Gasteiger partial charge in [0.25, 0.3) is 0 Å². The molecule has 0 spiro atoms. The zero-order valence-corrected chi connectivity index (χ0v) is 12.3. The average molecular weight is 302 g/mol. The Morgan fingerprint density at radius 1 is 1.23 bits per heavy atom. The number of hydrogen-bond acceptors (Lipinski definition) is 5. The van der Waals surface area contributed by atoms with Gasteiger partial charge < -0.3 is 19.8 Å². The smallest absolute Gasteiger partial charge is 0.337 e. The Morgan fingerprint density at radius 3 is 2.82 bits per heavy atom. The number of carbonyl (C=O) groups excluding carboxylic acids is 2. The number of methoxy groups -OCH3 is 1. The van der Waals surface area contributed by atoms with Crippen molar-refractivity contribution in [1.29, 1.82) is 0 Å². The van der Waals surface area contributed by atoms with Crippen LogP contribution in [0.3, 0.4) is 0 Å². The van der Waals surface area contributed by atoms with Gasteiger partial charge in [-0.15, -0.1) is 0 Å². The van der Waals surface area contributed by atoms with E-state index < -0.39 is 5.97 Å². The highest BCUT2D eigenvalue weighted by atomic mass is 16.5. The first-order chi connectivity index (χ1) is 10.7. The van der Waals surface area contributed by atoms with E-state index in [0.717, 1.165) is 5.76 Å². The van der Waals surface area contributed by atoms with Crippen molar-refractivity contribution >= 4 is 17.6 Å². The molecule has 0 fully saturated rings. The van der Waals surface area contributed by atoms with Crippen molar-refractivity contribution in [2.24, 2.45) is 0 Å². The molecule has 1 heterocycles. The van der Waals surface area contributed by atoms with Crippen molar-refractivity contribution in [3.05, 3.63) is 54.0 Å². The molecule has 0 aliphatic heterocycles. The van der Waals surface area contributed by atoms with Gasteiger partial charge in [0.1, 0.15) is 5.76 Å². The zero-order valence-electron chi connectivity index (χ0n) is 12.3. The van der Waals surface area contributed by atoms with Crippen LogP contribution < -0.4 is 10.6 Å². The monoisotopic (exact) mass is 302 g/mol. The Labute approximate surface area is 128 Å². The molecule has 0 radical (unpaired) electrons. The molecule has 116 valence electrons.